The van der Waals surface area contributed by atoms with Crippen LogP contribution in [0.5, 0.6) is 0 Å². The number of sulfonamides is 1. The third kappa shape index (κ3) is 2.64. The summed E-state index contributed by atoms with van der Waals surface area (Å²) in [4.78, 5) is 4.67. The molecule has 2 aromatic rings. The molecule has 0 unspecified atom stereocenters. The third-order valence-corrected chi connectivity index (χ3v) is 4.13. The van der Waals surface area contributed by atoms with E-state index in [-0.39, 0.29) is 0 Å². The van der Waals surface area contributed by atoms with Crippen LogP contribution < -0.4 is 4.72 Å². The molecule has 0 radical (unpaired) electrons. The molecule has 0 bridgehead atoms. The highest BCUT2D eigenvalue weighted by Gasteiger charge is 2.28. The van der Waals surface area contributed by atoms with Crippen molar-refractivity contribution in [2.75, 3.05) is 6.26 Å². The van der Waals surface area contributed by atoms with Crippen LogP contribution in [-0.2, 0) is 23.6 Å². The second-order valence-electron chi connectivity index (χ2n) is 5.22. The lowest BCUT2D eigenvalue weighted by Crippen LogP contribution is -2.21. The highest BCUT2D eigenvalue weighted by atomic mass is 32.2. The zero-order chi connectivity index (χ0) is 13.6. The summed E-state index contributed by atoms with van der Waals surface area (Å²) in [5, 5.41) is 0. The first-order valence-electron chi connectivity index (χ1n) is 6.34. The van der Waals surface area contributed by atoms with Gasteiger partial charge in [-0.25, -0.2) is 18.1 Å². The maximum atomic E-state index is 11.1. The summed E-state index contributed by atoms with van der Waals surface area (Å²) in [6.07, 6.45) is 3.61. The van der Waals surface area contributed by atoms with E-state index < -0.39 is 10.0 Å². The van der Waals surface area contributed by atoms with Crippen molar-refractivity contribution in [1.82, 2.24) is 14.3 Å². The second-order valence-corrected chi connectivity index (χ2v) is 7.05. The van der Waals surface area contributed by atoms with Crippen molar-refractivity contribution in [1.29, 1.82) is 0 Å². The molecular weight excluding hydrogens is 262 g/mol. The molecule has 0 atom stereocenters. The summed E-state index contributed by atoms with van der Waals surface area (Å²) in [5.41, 5.74) is 2.97. The van der Waals surface area contributed by atoms with Crippen LogP contribution in [-0.4, -0.2) is 24.2 Å². The Morgan fingerprint density at radius 1 is 1.42 bits per heavy atom. The van der Waals surface area contributed by atoms with Crippen molar-refractivity contribution in [3.63, 3.8) is 0 Å². The predicted molar refractivity (Wildman–Crippen MR) is 74.4 cm³/mol. The van der Waals surface area contributed by atoms with Crippen LogP contribution in [0.4, 0.5) is 0 Å². The number of aromatic nitrogens is 2. The normalized spacial score (nSPS) is 16.1. The van der Waals surface area contributed by atoms with Gasteiger partial charge in [0, 0.05) is 19.5 Å². The molecule has 3 rings (SSSR count). The third-order valence-electron chi connectivity index (χ3n) is 3.46. The van der Waals surface area contributed by atoms with Gasteiger partial charge in [-0.3, -0.25) is 0 Å². The molecule has 1 N–H and O–H groups in total. The van der Waals surface area contributed by atoms with Gasteiger partial charge in [0.25, 0.3) is 0 Å². The summed E-state index contributed by atoms with van der Waals surface area (Å²) >= 11 is 0. The Balaban J connectivity index is 1.92. The average molecular weight is 279 g/mol. The van der Waals surface area contributed by atoms with E-state index in [1.807, 2.05) is 25.2 Å². The van der Waals surface area contributed by atoms with E-state index in [1.54, 1.807) is 0 Å². The van der Waals surface area contributed by atoms with Crippen LogP contribution in [0.25, 0.3) is 11.0 Å². The minimum atomic E-state index is -3.16. The molecule has 1 aliphatic carbocycles. The molecule has 1 aliphatic rings. The Morgan fingerprint density at radius 3 is 2.79 bits per heavy atom. The molecule has 0 aliphatic heterocycles. The lowest BCUT2D eigenvalue weighted by Gasteiger charge is -2.03. The van der Waals surface area contributed by atoms with E-state index in [0.717, 1.165) is 28.7 Å². The van der Waals surface area contributed by atoms with Gasteiger partial charge in [-0.1, -0.05) is 6.07 Å². The van der Waals surface area contributed by atoms with Crippen LogP contribution in [0.2, 0.25) is 0 Å². The second kappa shape index (κ2) is 4.31. The van der Waals surface area contributed by atoms with Crippen molar-refractivity contribution in [3.8, 4) is 0 Å². The van der Waals surface area contributed by atoms with Gasteiger partial charge in [0.2, 0.25) is 10.0 Å². The van der Waals surface area contributed by atoms with Gasteiger partial charge >= 0.3 is 0 Å². The molecule has 1 aromatic carbocycles. The Hall–Kier alpha value is -1.40. The minimum Gasteiger partial charge on any atom is -0.331 e. The molecular formula is C13H17N3O2S. The minimum absolute atomic E-state index is 0.310. The van der Waals surface area contributed by atoms with Crippen molar-refractivity contribution in [2.45, 2.75) is 25.3 Å². The van der Waals surface area contributed by atoms with Crippen molar-refractivity contribution >= 4 is 21.1 Å². The Bertz CT molecular complexity index is 730. The quantitative estimate of drug-likeness (QED) is 0.922. The first-order chi connectivity index (χ1) is 8.94. The zero-order valence-corrected chi connectivity index (χ0v) is 11.9. The van der Waals surface area contributed by atoms with Gasteiger partial charge in [-0.05, 0) is 30.5 Å². The number of nitrogens with zero attached hydrogens (tertiary/aromatic N) is 2. The van der Waals surface area contributed by atoms with E-state index in [0.29, 0.717) is 12.5 Å². The highest BCUT2D eigenvalue weighted by Crippen LogP contribution is 2.40. The van der Waals surface area contributed by atoms with E-state index in [2.05, 4.69) is 14.3 Å². The molecule has 1 saturated carbocycles. The highest BCUT2D eigenvalue weighted by molar-refractivity contribution is 7.88. The number of benzene rings is 1. The molecule has 1 heterocycles. The van der Waals surface area contributed by atoms with Crippen LogP contribution in [0, 0.1) is 0 Å². The van der Waals surface area contributed by atoms with Crippen LogP contribution in [0.3, 0.4) is 0 Å². The average Bonchev–Trinajstić information content (AvgIpc) is 3.12. The summed E-state index contributed by atoms with van der Waals surface area (Å²) in [5.74, 6) is 1.75. The van der Waals surface area contributed by atoms with Gasteiger partial charge in [-0.15, -0.1) is 0 Å². The van der Waals surface area contributed by atoms with E-state index in [4.69, 9.17) is 0 Å². The SMILES string of the molecule is Cn1c(C2CC2)nc2cc(CNS(C)(=O)=O)ccc21. The fraction of sp³-hybridized carbons (Fsp3) is 0.462. The first-order valence-corrected chi connectivity index (χ1v) is 8.23. The van der Waals surface area contributed by atoms with E-state index >= 15 is 0 Å². The molecule has 1 aromatic heterocycles. The molecule has 0 saturated heterocycles. The number of hydrogen-bond donors (Lipinski definition) is 1. The zero-order valence-electron chi connectivity index (χ0n) is 11.0. The largest absolute Gasteiger partial charge is 0.331 e. The van der Waals surface area contributed by atoms with E-state index in [1.165, 1.54) is 12.8 Å². The lowest BCUT2D eigenvalue weighted by atomic mass is 10.2. The molecule has 0 amide bonds. The Kier molecular flexibility index (Phi) is 2.87. The van der Waals surface area contributed by atoms with Crippen LogP contribution in [0.15, 0.2) is 18.2 Å². The molecule has 5 nitrogen and oxygen atoms in total. The summed E-state index contributed by atoms with van der Waals surface area (Å²) in [6.45, 7) is 0.310. The number of imidazole rings is 1. The van der Waals surface area contributed by atoms with Crippen molar-refractivity contribution < 1.29 is 8.42 Å². The summed E-state index contributed by atoms with van der Waals surface area (Å²) in [7, 11) is -1.12. The Morgan fingerprint density at radius 2 is 2.16 bits per heavy atom. The lowest BCUT2D eigenvalue weighted by molar-refractivity contribution is 0.587. The maximum Gasteiger partial charge on any atom is 0.209 e. The monoisotopic (exact) mass is 279 g/mol. The molecule has 19 heavy (non-hydrogen) atoms. The van der Waals surface area contributed by atoms with Gasteiger partial charge in [0.05, 0.1) is 17.3 Å². The summed E-state index contributed by atoms with van der Waals surface area (Å²) < 4.78 is 26.8. The van der Waals surface area contributed by atoms with Gasteiger partial charge in [-0.2, -0.15) is 0 Å². The fourth-order valence-corrected chi connectivity index (χ4v) is 2.72. The van der Waals surface area contributed by atoms with Gasteiger partial charge in [0.1, 0.15) is 5.82 Å². The number of hydrogen-bond acceptors (Lipinski definition) is 3. The standard InChI is InChI=1S/C13H17N3O2S/c1-16-12-6-3-9(8-14-19(2,17)18)7-11(12)15-13(16)10-4-5-10/h3,6-7,10,14H,4-5,8H2,1-2H3. The number of rotatable bonds is 4. The van der Waals surface area contributed by atoms with Gasteiger partial charge in [0.15, 0.2) is 0 Å². The first kappa shape index (κ1) is 12.6. The van der Waals surface area contributed by atoms with Crippen molar-refractivity contribution in [3.05, 3.63) is 29.6 Å². The van der Waals surface area contributed by atoms with Crippen LogP contribution in [0.1, 0.15) is 30.1 Å². The number of aryl methyl sites for hydroxylation is 1. The molecule has 0 spiro atoms. The number of fused-ring (bicyclic) bond motifs is 1. The maximum absolute atomic E-state index is 11.1. The molecule has 1 fully saturated rings. The smallest absolute Gasteiger partial charge is 0.209 e. The topological polar surface area (TPSA) is 64.0 Å². The van der Waals surface area contributed by atoms with Crippen LogP contribution >= 0.6 is 0 Å². The van der Waals surface area contributed by atoms with E-state index in [9.17, 15) is 8.42 Å². The number of nitrogens with one attached hydrogen (secondary N) is 1. The summed E-state index contributed by atoms with van der Waals surface area (Å²) in [6, 6.07) is 5.91. The fourth-order valence-electron chi connectivity index (χ4n) is 2.30. The van der Waals surface area contributed by atoms with Crippen molar-refractivity contribution in [2.24, 2.45) is 7.05 Å². The Labute approximate surface area is 112 Å². The molecule has 102 valence electrons. The predicted octanol–water partition coefficient (Wildman–Crippen LogP) is 1.50. The molecule has 6 heteroatoms. The van der Waals surface area contributed by atoms with Gasteiger partial charge < -0.3 is 4.57 Å².